The number of nitrogens with zero attached hydrogens (tertiary/aromatic N) is 1. The van der Waals surface area contributed by atoms with Crippen molar-refractivity contribution in [3.05, 3.63) is 83.3 Å². The van der Waals surface area contributed by atoms with Crippen LogP contribution in [-0.2, 0) is 4.74 Å². The van der Waals surface area contributed by atoms with E-state index in [2.05, 4.69) is 15.3 Å². The summed E-state index contributed by atoms with van der Waals surface area (Å²) in [4.78, 5) is 32.6. The highest BCUT2D eigenvalue weighted by molar-refractivity contribution is 6.11. The number of carbonyl (C=O) groups excluding carboxylic acids is 2. The molecule has 6 heteroatoms. The number of ether oxygens (including phenoxy) is 1. The number of fused-ring (bicyclic) bond motifs is 1. The summed E-state index contributed by atoms with van der Waals surface area (Å²) in [6, 6.07) is 15.0. The number of aryl methyl sites for hydroxylation is 1. The highest BCUT2D eigenvalue weighted by Crippen LogP contribution is 2.32. The first-order chi connectivity index (χ1) is 14.5. The van der Waals surface area contributed by atoms with Crippen LogP contribution in [0.15, 0.2) is 60.9 Å². The van der Waals surface area contributed by atoms with E-state index in [9.17, 15) is 9.59 Å². The molecule has 6 nitrogen and oxygen atoms in total. The molecule has 0 aliphatic rings. The number of aromatic nitrogens is 2. The Morgan fingerprint density at radius 1 is 1.07 bits per heavy atom. The fourth-order valence-corrected chi connectivity index (χ4v) is 3.53. The highest BCUT2D eigenvalue weighted by atomic mass is 16.5. The van der Waals surface area contributed by atoms with Crippen LogP contribution in [0.2, 0.25) is 0 Å². The molecule has 0 saturated carbocycles. The van der Waals surface area contributed by atoms with E-state index in [1.807, 2.05) is 56.4 Å². The van der Waals surface area contributed by atoms with Crippen LogP contribution in [-0.4, -0.2) is 29.0 Å². The third kappa shape index (κ3) is 3.55. The van der Waals surface area contributed by atoms with Crippen molar-refractivity contribution in [1.29, 1.82) is 0 Å². The Balaban J connectivity index is 1.88. The molecule has 0 saturated heterocycles. The second kappa shape index (κ2) is 7.83. The molecule has 2 N–H and O–H groups in total. The number of methoxy groups -OCH3 is 1. The Labute approximate surface area is 173 Å². The fourth-order valence-electron chi connectivity index (χ4n) is 3.53. The Morgan fingerprint density at radius 3 is 2.70 bits per heavy atom. The number of hydrogen-bond donors (Lipinski definition) is 2. The monoisotopic (exact) mass is 399 g/mol. The summed E-state index contributed by atoms with van der Waals surface area (Å²) < 4.78 is 4.73. The molecule has 1 amide bonds. The second-order valence-electron chi connectivity index (χ2n) is 7.06. The first kappa shape index (κ1) is 19.4. The number of ketones is 1. The van der Waals surface area contributed by atoms with E-state index in [0.29, 0.717) is 16.8 Å². The number of rotatable bonds is 4. The van der Waals surface area contributed by atoms with Gasteiger partial charge < -0.3 is 9.72 Å². The average molecular weight is 399 g/mol. The van der Waals surface area contributed by atoms with Crippen molar-refractivity contribution in [3.63, 3.8) is 0 Å². The van der Waals surface area contributed by atoms with Gasteiger partial charge in [-0.25, -0.2) is 4.79 Å². The predicted molar refractivity (Wildman–Crippen MR) is 117 cm³/mol. The lowest BCUT2D eigenvalue weighted by Crippen LogP contribution is -2.12. The molecule has 0 radical (unpaired) electrons. The number of aromatic amines is 1. The van der Waals surface area contributed by atoms with Crippen molar-refractivity contribution in [2.45, 2.75) is 13.8 Å². The quantitative estimate of drug-likeness (QED) is 0.459. The maximum Gasteiger partial charge on any atom is 0.411 e. The van der Waals surface area contributed by atoms with Gasteiger partial charge in [0, 0.05) is 45.8 Å². The summed E-state index contributed by atoms with van der Waals surface area (Å²) in [5.41, 5.74) is 5.96. The Morgan fingerprint density at radius 2 is 1.90 bits per heavy atom. The van der Waals surface area contributed by atoms with E-state index < -0.39 is 6.09 Å². The van der Waals surface area contributed by atoms with E-state index in [1.54, 1.807) is 18.3 Å². The largest absolute Gasteiger partial charge is 0.453 e. The van der Waals surface area contributed by atoms with Gasteiger partial charge in [0.25, 0.3) is 0 Å². The molecular formula is C24H21N3O3. The van der Waals surface area contributed by atoms with Crippen LogP contribution < -0.4 is 5.32 Å². The minimum Gasteiger partial charge on any atom is -0.453 e. The summed E-state index contributed by atoms with van der Waals surface area (Å²) in [5, 5.41) is 3.71. The molecule has 0 atom stereocenters. The van der Waals surface area contributed by atoms with Gasteiger partial charge in [-0.1, -0.05) is 12.1 Å². The van der Waals surface area contributed by atoms with Crippen molar-refractivity contribution < 1.29 is 14.3 Å². The van der Waals surface area contributed by atoms with Crippen LogP contribution in [0.5, 0.6) is 0 Å². The van der Waals surface area contributed by atoms with E-state index in [1.165, 1.54) is 7.11 Å². The fraction of sp³-hybridized carbons (Fsp3) is 0.125. The maximum atomic E-state index is 13.3. The third-order valence-corrected chi connectivity index (χ3v) is 5.23. The topological polar surface area (TPSA) is 84.1 Å². The lowest BCUT2D eigenvalue weighted by atomic mass is 9.94. The van der Waals surface area contributed by atoms with Crippen molar-refractivity contribution in [2.24, 2.45) is 0 Å². The van der Waals surface area contributed by atoms with Crippen LogP contribution in [0.1, 0.15) is 27.2 Å². The molecule has 2 heterocycles. The molecule has 30 heavy (non-hydrogen) atoms. The van der Waals surface area contributed by atoms with Gasteiger partial charge in [-0.05, 0) is 66.9 Å². The molecule has 0 bridgehead atoms. The van der Waals surface area contributed by atoms with Gasteiger partial charge in [0.15, 0.2) is 5.78 Å². The number of carbonyl (C=O) groups is 2. The van der Waals surface area contributed by atoms with Gasteiger partial charge in [-0.3, -0.25) is 15.1 Å². The van der Waals surface area contributed by atoms with Crippen molar-refractivity contribution in [1.82, 2.24) is 9.97 Å². The molecule has 150 valence electrons. The summed E-state index contributed by atoms with van der Waals surface area (Å²) in [7, 11) is 1.30. The zero-order chi connectivity index (χ0) is 21.3. The molecule has 0 fully saturated rings. The summed E-state index contributed by atoms with van der Waals surface area (Å²) in [5.74, 6) is -0.131. The first-order valence-electron chi connectivity index (χ1n) is 9.51. The SMILES string of the molecule is COC(=O)Nc1cc(C(=O)c2ccnc(C)c2C)cc(-c2cccc3[nH]ccc23)c1. The molecule has 0 aliphatic carbocycles. The predicted octanol–water partition coefficient (Wildman–Crippen LogP) is 5.26. The molecule has 0 aliphatic heterocycles. The number of hydrogen-bond acceptors (Lipinski definition) is 4. The molecule has 4 rings (SSSR count). The van der Waals surface area contributed by atoms with Gasteiger partial charge >= 0.3 is 6.09 Å². The molecule has 4 aromatic rings. The molecule has 2 aromatic heterocycles. The van der Waals surface area contributed by atoms with Gasteiger partial charge in [0.1, 0.15) is 0 Å². The van der Waals surface area contributed by atoms with Crippen molar-refractivity contribution >= 4 is 28.5 Å². The number of anilines is 1. The lowest BCUT2D eigenvalue weighted by Gasteiger charge is -2.13. The van der Waals surface area contributed by atoms with E-state index in [4.69, 9.17) is 4.74 Å². The molecule has 0 unspecified atom stereocenters. The number of amides is 1. The van der Waals surface area contributed by atoms with Crippen LogP contribution in [0.3, 0.4) is 0 Å². The van der Waals surface area contributed by atoms with Crippen LogP contribution in [0.25, 0.3) is 22.0 Å². The minimum absolute atomic E-state index is 0.131. The number of H-pyrrole nitrogens is 1. The number of nitrogens with one attached hydrogen (secondary N) is 2. The normalized spacial score (nSPS) is 10.8. The highest BCUT2D eigenvalue weighted by Gasteiger charge is 2.17. The smallest absolute Gasteiger partial charge is 0.411 e. The minimum atomic E-state index is -0.596. The van der Waals surface area contributed by atoms with Crippen LogP contribution in [0, 0.1) is 13.8 Å². The number of benzene rings is 2. The number of pyridine rings is 1. The lowest BCUT2D eigenvalue weighted by molar-refractivity contribution is 0.103. The third-order valence-electron chi connectivity index (χ3n) is 5.23. The first-order valence-corrected chi connectivity index (χ1v) is 9.51. The van der Waals surface area contributed by atoms with E-state index >= 15 is 0 Å². The maximum absolute atomic E-state index is 13.3. The molecule has 2 aromatic carbocycles. The van der Waals surface area contributed by atoms with Gasteiger partial charge in [0.05, 0.1) is 7.11 Å². The molecular weight excluding hydrogens is 378 g/mol. The Kier molecular flexibility index (Phi) is 5.06. The average Bonchev–Trinajstić information content (AvgIpc) is 3.24. The van der Waals surface area contributed by atoms with Gasteiger partial charge in [0.2, 0.25) is 0 Å². The second-order valence-corrected chi connectivity index (χ2v) is 7.06. The van der Waals surface area contributed by atoms with Gasteiger partial charge in [-0.2, -0.15) is 0 Å². The summed E-state index contributed by atoms with van der Waals surface area (Å²) in [6.45, 7) is 3.76. The van der Waals surface area contributed by atoms with E-state index in [0.717, 1.165) is 33.3 Å². The van der Waals surface area contributed by atoms with Crippen LogP contribution >= 0.6 is 0 Å². The molecule has 0 spiro atoms. The standard InChI is InChI=1S/C24H21N3O3/c1-14-15(2)25-9-7-19(14)23(28)17-11-16(12-18(13-17)27-24(29)30-3)20-5-4-6-22-21(20)8-10-26-22/h4-13,26H,1-3H3,(H,27,29). The van der Waals surface area contributed by atoms with Crippen molar-refractivity contribution in [3.8, 4) is 11.1 Å². The van der Waals surface area contributed by atoms with Crippen molar-refractivity contribution in [2.75, 3.05) is 12.4 Å². The van der Waals surface area contributed by atoms with Crippen LogP contribution in [0.4, 0.5) is 10.5 Å². The zero-order valence-electron chi connectivity index (χ0n) is 16.9. The Bertz CT molecular complexity index is 1270. The summed E-state index contributed by atoms with van der Waals surface area (Å²) in [6.07, 6.45) is 2.91. The van der Waals surface area contributed by atoms with Gasteiger partial charge in [-0.15, -0.1) is 0 Å². The van der Waals surface area contributed by atoms with E-state index in [-0.39, 0.29) is 5.78 Å². The summed E-state index contributed by atoms with van der Waals surface area (Å²) >= 11 is 0. The zero-order valence-corrected chi connectivity index (χ0v) is 16.9. The Hall–Kier alpha value is -3.93.